The third-order valence-electron chi connectivity index (χ3n) is 12.2. The Morgan fingerprint density at radius 3 is 1.90 bits per heavy atom. The van der Waals surface area contributed by atoms with Crippen LogP contribution in [0.15, 0.2) is 182 Å². The summed E-state index contributed by atoms with van der Waals surface area (Å²) in [6.45, 7) is 2.26. The molecule has 5 nitrogen and oxygen atoms in total. The van der Waals surface area contributed by atoms with Crippen molar-refractivity contribution < 1.29 is 0 Å². The van der Waals surface area contributed by atoms with Gasteiger partial charge in [-0.2, -0.15) is 9.97 Å². The zero-order chi connectivity index (χ0) is 40.4. The van der Waals surface area contributed by atoms with E-state index in [1.807, 2.05) is 29.5 Å². The summed E-state index contributed by atoms with van der Waals surface area (Å²) in [6.07, 6.45) is 3.53. The summed E-state index contributed by atoms with van der Waals surface area (Å²) in [5.74, 6) is 1.82. The van der Waals surface area contributed by atoms with Crippen LogP contribution < -0.4 is 0 Å². The lowest BCUT2D eigenvalue weighted by atomic mass is 9.99. The molecule has 0 amide bonds. The average molecular weight is 802 g/mol. The summed E-state index contributed by atoms with van der Waals surface area (Å²) in [4.78, 5) is 15.8. The fraction of sp³-hybridized carbons (Fsp3) is 0.0727. The number of thiophene rings is 1. The molecular weight excluding hydrogens is 763 g/mol. The highest BCUT2D eigenvalue weighted by Crippen LogP contribution is 2.43. The molecule has 0 radical (unpaired) electrons. The van der Waals surface area contributed by atoms with Crippen LogP contribution in [0.1, 0.15) is 25.3 Å². The molecule has 0 unspecified atom stereocenters. The van der Waals surface area contributed by atoms with E-state index in [-0.39, 0.29) is 0 Å². The number of unbranched alkanes of at least 4 members (excludes halogenated alkanes) is 1. The van der Waals surface area contributed by atoms with Gasteiger partial charge in [0, 0.05) is 58.5 Å². The SMILES string of the molecule is CCCCc1ccc2sc3c(-c4ccc5c(c4)c4ccccc4n5-c4nc(-c5ccccc5)nc(-c5ccc6c7ccccc7n(-c7ccccc7)c6c5)n4)cccc3c2c1. The van der Waals surface area contributed by atoms with Gasteiger partial charge in [-0.05, 0) is 84.1 Å². The first-order chi connectivity index (χ1) is 30.2. The van der Waals surface area contributed by atoms with Crippen molar-refractivity contribution in [1.82, 2.24) is 24.1 Å². The van der Waals surface area contributed by atoms with Gasteiger partial charge < -0.3 is 4.57 Å². The van der Waals surface area contributed by atoms with Crippen molar-refractivity contribution in [2.24, 2.45) is 0 Å². The van der Waals surface area contributed by atoms with E-state index in [1.54, 1.807) is 0 Å². The van der Waals surface area contributed by atoms with Crippen LogP contribution in [-0.4, -0.2) is 24.1 Å². The van der Waals surface area contributed by atoms with Crippen molar-refractivity contribution >= 4 is 75.1 Å². The van der Waals surface area contributed by atoms with Gasteiger partial charge >= 0.3 is 0 Å². The van der Waals surface area contributed by atoms with Crippen LogP contribution in [0.3, 0.4) is 0 Å². The number of benzene rings is 8. The molecule has 12 aromatic rings. The highest BCUT2D eigenvalue weighted by atomic mass is 32.1. The first kappa shape index (κ1) is 35.5. The monoisotopic (exact) mass is 801 g/mol. The number of hydrogen-bond donors (Lipinski definition) is 0. The van der Waals surface area contributed by atoms with E-state index in [0.717, 1.165) is 56.1 Å². The molecule has 0 aliphatic carbocycles. The van der Waals surface area contributed by atoms with Gasteiger partial charge in [0.2, 0.25) is 5.95 Å². The Morgan fingerprint density at radius 2 is 1.10 bits per heavy atom. The fourth-order valence-corrected chi connectivity index (χ4v) is 10.5. The maximum absolute atomic E-state index is 5.34. The van der Waals surface area contributed by atoms with Gasteiger partial charge in [-0.3, -0.25) is 4.57 Å². The Kier molecular flexibility index (Phi) is 8.39. The van der Waals surface area contributed by atoms with E-state index < -0.39 is 0 Å². The lowest BCUT2D eigenvalue weighted by molar-refractivity contribution is 0.796. The Morgan fingerprint density at radius 1 is 0.443 bits per heavy atom. The van der Waals surface area contributed by atoms with E-state index >= 15 is 0 Å². The van der Waals surface area contributed by atoms with Crippen molar-refractivity contribution in [3.05, 3.63) is 188 Å². The van der Waals surface area contributed by atoms with Crippen LogP contribution in [-0.2, 0) is 6.42 Å². The molecule has 0 fully saturated rings. The molecular formula is C55H39N5S. The van der Waals surface area contributed by atoms with E-state index in [2.05, 4.69) is 180 Å². The summed E-state index contributed by atoms with van der Waals surface area (Å²) in [6, 6.07) is 65.3. The minimum absolute atomic E-state index is 0.581. The molecule has 4 heterocycles. The molecule has 0 saturated heterocycles. The number of aryl methyl sites for hydroxylation is 1. The van der Waals surface area contributed by atoms with E-state index in [1.165, 1.54) is 60.5 Å². The fourth-order valence-electron chi connectivity index (χ4n) is 9.24. The third-order valence-corrected chi connectivity index (χ3v) is 13.4. The lowest BCUT2D eigenvalue weighted by Gasteiger charge is -2.12. The molecule has 0 spiro atoms. The van der Waals surface area contributed by atoms with Gasteiger partial charge in [0.05, 0.1) is 22.1 Å². The lowest BCUT2D eigenvalue weighted by Crippen LogP contribution is -2.06. The van der Waals surface area contributed by atoms with Gasteiger partial charge in [0.25, 0.3) is 0 Å². The molecule has 0 atom stereocenters. The largest absolute Gasteiger partial charge is 0.309 e. The second-order valence-corrected chi connectivity index (χ2v) is 16.9. The molecule has 0 bridgehead atoms. The summed E-state index contributed by atoms with van der Waals surface area (Å²) in [7, 11) is 0. The van der Waals surface area contributed by atoms with Gasteiger partial charge in [-0.25, -0.2) is 4.98 Å². The van der Waals surface area contributed by atoms with Crippen LogP contribution >= 0.6 is 11.3 Å². The Hall–Kier alpha value is -7.41. The van der Waals surface area contributed by atoms with Crippen molar-refractivity contribution in [2.45, 2.75) is 26.2 Å². The zero-order valence-electron chi connectivity index (χ0n) is 33.6. The average Bonchev–Trinajstić information content (AvgIpc) is 3.98. The van der Waals surface area contributed by atoms with Crippen molar-refractivity contribution in [3.63, 3.8) is 0 Å². The zero-order valence-corrected chi connectivity index (χ0v) is 34.4. The van der Waals surface area contributed by atoms with Crippen molar-refractivity contribution in [1.29, 1.82) is 0 Å². The predicted octanol–water partition coefficient (Wildman–Crippen LogP) is 14.8. The first-order valence-electron chi connectivity index (χ1n) is 21.1. The van der Waals surface area contributed by atoms with Gasteiger partial charge in [-0.15, -0.1) is 11.3 Å². The number of aromatic nitrogens is 5. The van der Waals surface area contributed by atoms with Crippen molar-refractivity contribution in [2.75, 3.05) is 0 Å². The Balaban J connectivity index is 1.05. The number of hydrogen-bond acceptors (Lipinski definition) is 4. The van der Waals surface area contributed by atoms with Crippen LogP contribution in [0.5, 0.6) is 0 Å². The normalized spacial score (nSPS) is 11.9. The second kappa shape index (κ2) is 14.4. The molecule has 6 heteroatoms. The molecule has 4 aromatic heterocycles. The molecule has 8 aromatic carbocycles. The smallest absolute Gasteiger partial charge is 0.238 e. The molecule has 0 saturated carbocycles. The predicted molar refractivity (Wildman–Crippen MR) is 256 cm³/mol. The van der Waals surface area contributed by atoms with E-state index in [4.69, 9.17) is 15.0 Å². The van der Waals surface area contributed by atoms with E-state index in [9.17, 15) is 0 Å². The number of para-hydroxylation sites is 3. The Bertz CT molecular complexity index is 3630. The van der Waals surface area contributed by atoms with E-state index in [0.29, 0.717) is 17.6 Å². The highest BCUT2D eigenvalue weighted by Gasteiger charge is 2.21. The molecule has 12 rings (SSSR count). The molecule has 0 N–H and O–H groups in total. The second-order valence-electron chi connectivity index (χ2n) is 15.9. The number of fused-ring (bicyclic) bond motifs is 9. The summed E-state index contributed by atoms with van der Waals surface area (Å²) >= 11 is 1.89. The van der Waals surface area contributed by atoms with Gasteiger partial charge in [0.1, 0.15) is 0 Å². The summed E-state index contributed by atoms with van der Waals surface area (Å²) in [5.41, 5.74) is 11.2. The number of nitrogens with zero attached hydrogens (tertiary/aromatic N) is 5. The molecule has 290 valence electrons. The minimum atomic E-state index is 0.581. The summed E-state index contributed by atoms with van der Waals surface area (Å²) < 4.78 is 7.21. The molecule has 61 heavy (non-hydrogen) atoms. The maximum atomic E-state index is 5.34. The quantitative estimate of drug-likeness (QED) is 0.154. The first-order valence-corrected chi connectivity index (χ1v) is 21.9. The topological polar surface area (TPSA) is 48.5 Å². The maximum Gasteiger partial charge on any atom is 0.238 e. The summed E-state index contributed by atoms with van der Waals surface area (Å²) in [5, 5.41) is 7.38. The molecule has 0 aliphatic heterocycles. The number of rotatable bonds is 8. The van der Waals surface area contributed by atoms with Gasteiger partial charge in [-0.1, -0.05) is 141 Å². The van der Waals surface area contributed by atoms with Crippen LogP contribution in [0.2, 0.25) is 0 Å². The van der Waals surface area contributed by atoms with Crippen LogP contribution in [0.25, 0.3) is 109 Å². The molecule has 0 aliphatic rings. The standard InChI is InChI=1S/C55H39N5S/c1-2-3-15-35-26-31-51-46(32-35)44-23-14-22-40(52(44)61-51)37-28-30-49-45(33-37)42-21-11-13-25-48(42)60(49)55-57-53(36-16-6-4-7-17-36)56-54(58-55)38-27-29-43-41-20-10-12-24-47(41)59(50(43)34-38)39-18-8-5-9-19-39/h4-14,16-34H,2-3,15H2,1H3. The van der Waals surface area contributed by atoms with Crippen LogP contribution in [0, 0.1) is 0 Å². The highest BCUT2D eigenvalue weighted by molar-refractivity contribution is 7.26. The van der Waals surface area contributed by atoms with Gasteiger partial charge in [0.15, 0.2) is 11.6 Å². The van der Waals surface area contributed by atoms with Crippen molar-refractivity contribution in [3.8, 4) is 45.5 Å². The minimum Gasteiger partial charge on any atom is -0.309 e. The van der Waals surface area contributed by atoms with Crippen LogP contribution in [0.4, 0.5) is 0 Å². The Labute approximate surface area is 356 Å². The third kappa shape index (κ3) is 5.86.